The summed E-state index contributed by atoms with van der Waals surface area (Å²) in [7, 11) is 4.06. The van der Waals surface area contributed by atoms with Crippen LogP contribution in [0.15, 0.2) is 10.3 Å². The van der Waals surface area contributed by atoms with Gasteiger partial charge in [-0.3, -0.25) is 5.01 Å². The van der Waals surface area contributed by atoms with E-state index in [4.69, 9.17) is 0 Å². The molecule has 3 atom stereocenters. The fourth-order valence-corrected chi connectivity index (χ4v) is 2.14. The molecule has 12 heavy (non-hydrogen) atoms. The molecule has 0 aromatic heterocycles. The van der Waals surface area contributed by atoms with Gasteiger partial charge >= 0.3 is 0 Å². The highest BCUT2D eigenvalue weighted by molar-refractivity contribution is 4.93. The van der Waals surface area contributed by atoms with E-state index in [1.54, 1.807) is 0 Å². The molecular weight excluding hydrogens is 152 g/mol. The van der Waals surface area contributed by atoms with Crippen LogP contribution >= 0.6 is 0 Å². The van der Waals surface area contributed by atoms with Crippen molar-refractivity contribution < 1.29 is 0 Å². The van der Waals surface area contributed by atoms with Gasteiger partial charge in [-0.25, -0.2) is 0 Å². The van der Waals surface area contributed by atoms with E-state index in [2.05, 4.69) is 15.7 Å². The molecule has 1 saturated carbocycles. The molecular formula is C8H16N4. The van der Waals surface area contributed by atoms with Crippen LogP contribution in [0.1, 0.15) is 19.3 Å². The van der Waals surface area contributed by atoms with Gasteiger partial charge in [-0.2, -0.15) is 5.11 Å². The molecule has 2 rings (SSSR count). The summed E-state index contributed by atoms with van der Waals surface area (Å²) >= 11 is 0. The van der Waals surface area contributed by atoms with Crippen molar-refractivity contribution in [2.24, 2.45) is 10.3 Å². The van der Waals surface area contributed by atoms with Crippen LogP contribution in [0.5, 0.6) is 0 Å². The Kier molecular flexibility index (Phi) is 2.00. The molecule has 4 heteroatoms. The van der Waals surface area contributed by atoms with Crippen molar-refractivity contribution in [3.63, 3.8) is 0 Å². The smallest absolute Gasteiger partial charge is 0.0950 e. The number of rotatable bonds is 1. The van der Waals surface area contributed by atoms with E-state index in [1.807, 2.05) is 19.1 Å². The molecule has 1 N–H and O–H groups in total. The van der Waals surface area contributed by atoms with Crippen LogP contribution < -0.4 is 5.32 Å². The molecule has 0 aromatic rings. The van der Waals surface area contributed by atoms with Crippen molar-refractivity contribution in [3.8, 4) is 0 Å². The third kappa shape index (κ3) is 1.20. The first-order valence-corrected chi connectivity index (χ1v) is 4.62. The van der Waals surface area contributed by atoms with Crippen molar-refractivity contribution >= 4 is 0 Å². The van der Waals surface area contributed by atoms with E-state index in [0.29, 0.717) is 18.1 Å². The summed E-state index contributed by atoms with van der Waals surface area (Å²) in [6, 6.07) is 1.69. The lowest BCUT2D eigenvalue weighted by atomic mass is 9.87. The molecule has 3 unspecified atom stereocenters. The summed E-state index contributed by atoms with van der Waals surface area (Å²) < 4.78 is 0. The van der Waals surface area contributed by atoms with Crippen molar-refractivity contribution in [1.29, 1.82) is 0 Å². The Morgan fingerprint density at radius 1 is 1.42 bits per heavy atom. The molecule has 2 aliphatic rings. The van der Waals surface area contributed by atoms with Gasteiger partial charge in [-0.05, 0) is 26.3 Å². The van der Waals surface area contributed by atoms with Crippen LogP contribution in [0.25, 0.3) is 0 Å². The van der Waals surface area contributed by atoms with Gasteiger partial charge in [0, 0.05) is 13.1 Å². The zero-order chi connectivity index (χ0) is 8.55. The summed E-state index contributed by atoms with van der Waals surface area (Å²) in [6.45, 7) is 0. The first kappa shape index (κ1) is 7.98. The Labute approximate surface area is 73.0 Å². The summed E-state index contributed by atoms with van der Waals surface area (Å²) in [5.41, 5.74) is 0. The average Bonchev–Trinajstić information content (AvgIpc) is 2.47. The Balaban J connectivity index is 2.00. The minimum atomic E-state index is 0.472. The zero-order valence-corrected chi connectivity index (χ0v) is 7.70. The van der Waals surface area contributed by atoms with Gasteiger partial charge in [0.1, 0.15) is 0 Å². The molecule has 4 nitrogen and oxygen atoms in total. The molecule has 1 aliphatic carbocycles. The van der Waals surface area contributed by atoms with Crippen molar-refractivity contribution in [2.45, 2.75) is 37.4 Å². The molecule has 0 saturated heterocycles. The predicted octanol–water partition coefficient (Wildman–Crippen LogP) is 0.808. The number of hydrogen-bond donors (Lipinski definition) is 1. The second-order valence-electron chi connectivity index (χ2n) is 3.71. The third-order valence-corrected chi connectivity index (χ3v) is 3.01. The van der Waals surface area contributed by atoms with Gasteiger partial charge in [0.25, 0.3) is 0 Å². The van der Waals surface area contributed by atoms with Crippen LogP contribution in [-0.4, -0.2) is 37.2 Å². The minimum Gasteiger partial charge on any atom is -0.317 e. The lowest BCUT2D eigenvalue weighted by Gasteiger charge is -2.32. The van der Waals surface area contributed by atoms with Gasteiger partial charge < -0.3 is 5.32 Å². The molecule has 0 bridgehead atoms. The average molecular weight is 168 g/mol. The maximum Gasteiger partial charge on any atom is 0.0950 e. The van der Waals surface area contributed by atoms with E-state index in [1.165, 1.54) is 19.3 Å². The fraction of sp³-hybridized carbons (Fsp3) is 1.00. The largest absolute Gasteiger partial charge is 0.317 e. The standard InChI is InChI=1S/C8H16N4/c1-9-6-3-4-7-8(5-6)12(2)11-10-7/h6-9H,3-5H2,1-2H3. The third-order valence-electron chi connectivity index (χ3n) is 3.01. The summed E-state index contributed by atoms with van der Waals surface area (Å²) in [6.07, 6.45) is 3.61. The highest BCUT2D eigenvalue weighted by atomic mass is 15.6. The van der Waals surface area contributed by atoms with Crippen molar-refractivity contribution in [2.75, 3.05) is 14.1 Å². The quantitative estimate of drug-likeness (QED) is 0.629. The van der Waals surface area contributed by atoms with Crippen LogP contribution in [0.2, 0.25) is 0 Å². The van der Waals surface area contributed by atoms with E-state index in [0.717, 1.165) is 0 Å². The Bertz CT molecular complexity index is 191. The second kappa shape index (κ2) is 3.01. The molecule has 1 heterocycles. The highest BCUT2D eigenvalue weighted by Crippen LogP contribution is 2.29. The summed E-state index contributed by atoms with van der Waals surface area (Å²) in [5, 5.41) is 13.6. The Hall–Kier alpha value is -0.640. The van der Waals surface area contributed by atoms with E-state index >= 15 is 0 Å². The Morgan fingerprint density at radius 3 is 3.00 bits per heavy atom. The van der Waals surface area contributed by atoms with Crippen molar-refractivity contribution in [1.82, 2.24) is 10.3 Å². The fourth-order valence-electron chi connectivity index (χ4n) is 2.14. The van der Waals surface area contributed by atoms with Crippen LogP contribution in [0.4, 0.5) is 0 Å². The van der Waals surface area contributed by atoms with E-state index in [-0.39, 0.29) is 0 Å². The van der Waals surface area contributed by atoms with Crippen LogP contribution in [0.3, 0.4) is 0 Å². The van der Waals surface area contributed by atoms with Gasteiger partial charge in [-0.15, -0.1) is 0 Å². The number of nitrogens with zero attached hydrogens (tertiary/aromatic N) is 3. The lowest BCUT2D eigenvalue weighted by Crippen LogP contribution is -2.44. The molecule has 1 fully saturated rings. The molecule has 0 radical (unpaired) electrons. The minimum absolute atomic E-state index is 0.472. The highest BCUT2D eigenvalue weighted by Gasteiger charge is 2.35. The van der Waals surface area contributed by atoms with Gasteiger partial charge in [-0.1, -0.05) is 5.22 Å². The van der Waals surface area contributed by atoms with Crippen LogP contribution in [-0.2, 0) is 0 Å². The van der Waals surface area contributed by atoms with E-state index < -0.39 is 0 Å². The molecule has 0 amide bonds. The number of fused-ring (bicyclic) bond motifs is 1. The van der Waals surface area contributed by atoms with Crippen LogP contribution in [0, 0.1) is 0 Å². The van der Waals surface area contributed by atoms with Gasteiger partial charge in [0.05, 0.1) is 12.1 Å². The summed E-state index contributed by atoms with van der Waals surface area (Å²) in [5.74, 6) is 0. The number of likely N-dealkylation sites (N-methyl/N-ethyl adjacent to an activating group) is 1. The maximum atomic E-state index is 4.23. The molecule has 68 valence electrons. The first-order valence-electron chi connectivity index (χ1n) is 4.62. The lowest BCUT2D eigenvalue weighted by molar-refractivity contribution is 0.198. The predicted molar refractivity (Wildman–Crippen MR) is 46.9 cm³/mol. The number of nitrogens with one attached hydrogen (secondary N) is 1. The van der Waals surface area contributed by atoms with Gasteiger partial charge in [0.15, 0.2) is 0 Å². The second-order valence-corrected chi connectivity index (χ2v) is 3.71. The van der Waals surface area contributed by atoms with Gasteiger partial charge in [0.2, 0.25) is 0 Å². The SMILES string of the molecule is CNC1CCC2N=NN(C)C2C1. The molecule has 0 aromatic carbocycles. The topological polar surface area (TPSA) is 40.0 Å². The molecule has 1 aliphatic heterocycles. The number of hydrogen-bond acceptors (Lipinski definition) is 4. The van der Waals surface area contributed by atoms with Crippen molar-refractivity contribution in [3.05, 3.63) is 0 Å². The zero-order valence-electron chi connectivity index (χ0n) is 7.70. The first-order chi connectivity index (χ1) is 5.81. The maximum absolute atomic E-state index is 4.23. The normalized spacial score (nSPS) is 40.2. The monoisotopic (exact) mass is 168 g/mol. The molecule has 0 spiro atoms. The summed E-state index contributed by atoms with van der Waals surface area (Å²) in [4.78, 5) is 0. The van der Waals surface area contributed by atoms with E-state index in [9.17, 15) is 0 Å². The Morgan fingerprint density at radius 2 is 2.25 bits per heavy atom.